The fourth-order valence-electron chi connectivity index (χ4n) is 3.52. The Labute approximate surface area is 198 Å². The molecule has 0 fully saturated rings. The highest BCUT2D eigenvalue weighted by Gasteiger charge is 2.14. The monoisotopic (exact) mass is 463 g/mol. The Morgan fingerprint density at radius 2 is 2.03 bits per heavy atom. The van der Waals surface area contributed by atoms with Crippen molar-refractivity contribution in [3.05, 3.63) is 100 Å². The first-order valence-corrected chi connectivity index (χ1v) is 11.2. The van der Waals surface area contributed by atoms with Gasteiger partial charge in [-0.05, 0) is 59.9 Å². The number of hydrogen-bond acceptors (Lipinski definition) is 4. The zero-order valence-electron chi connectivity index (χ0n) is 18.8. The molecule has 7 heteroatoms. The van der Waals surface area contributed by atoms with Gasteiger partial charge in [-0.2, -0.15) is 5.10 Å². The van der Waals surface area contributed by atoms with Crippen molar-refractivity contribution in [3.8, 4) is 5.75 Å². The lowest BCUT2D eigenvalue weighted by molar-refractivity contribution is 0.0992. The van der Waals surface area contributed by atoms with Crippen LogP contribution in [0.5, 0.6) is 5.75 Å². The zero-order valence-corrected chi connectivity index (χ0v) is 19.6. The minimum Gasteiger partial charge on any atom is -0.485 e. The number of carbonyl (C=O) groups is 1. The summed E-state index contributed by atoms with van der Waals surface area (Å²) in [7, 11) is 0. The summed E-state index contributed by atoms with van der Waals surface area (Å²) >= 11 is 5.92. The number of hydrogen-bond donors (Lipinski definition) is 1. The van der Waals surface area contributed by atoms with Crippen molar-refractivity contribution in [2.45, 2.75) is 39.8 Å². The maximum absolute atomic E-state index is 12.7. The third-order valence-corrected chi connectivity index (χ3v) is 5.37. The van der Waals surface area contributed by atoms with E-state index in [0.717, 1.165) is 22.4 Å². The summed E-state index contributed by atoms with van der Waals surface area (Å²) in [5.74, 6) is 1.67. The molecule has 0 atom stereocenters. The Hall–Kier alpha value is -3.51. The second-order valence-corrected chi connectivity index (χ2v) is 8.70. The van der Waals surface area contributed by atoms with Crippen LogP contribution in [0, 0.1) is 6.92 Å². The van der Waals surface area contributed by atoms with E-state index in [9.17, 15) is 4.79 Å². The van der Waals surface area contributed by atoms with E-state index >= 15 is 0 Å². The van der Waals surface area contributed by atoms with Crippen molar-refractivity contribution < 1.29 is 13.9 Å². The maximum atomic E-state index is 12.7. The largest absolute Gasteiger partial charge is 0.485 e. The van der Waals surface area contributed by atoms with E-state index in [2.05, 4.69) is 36.4 Å². The first-order chi connectivity index (χ1) is 15.9. The molecule has 0 radical (unpaired) electrons. The van der Waals surface area contributed by atoms with Crippen LogP contribution in [-0.2, 0) is 13.2 Å². The highest BCUT2D eigenvalue weighted by molar-refractivity contribution is 6.30. The van der Waals surface area contributed by atoms with Crippen LogP contribution in [0.1, 0.15) is 52.8 Å². The van der Waals surface area contributed by atoms with Gasteiger partial charge in [-0.15, -0.1) is 0 Å². The molecule has 1 N–H and O–H groups in total. The molecule has 4 rings (SSSR count). The number of amides is 1. The van der Waals surface area contributed by atoms with Crippen LogP contribution >= 0.6 is 11.6 Å². The Morgan fingerprint density at radius 3 is 2.79 bits per heavy atom. The fourth-order valence-corrected chi connectivity index (χ4v) is 3.68. The van der Waals surface area contributed by atoms with Gasteiger partial charge >= 0.3 is 0 Å². The number of anilines is 1. The van der Waals surface area contributed by atoms with E-state index < -0.39 is 0 Å². The molecule has 0 aliphatic rings. The molecule has 0 aliphatic heterocycles. The number of ether oxygens (including phenoxy) is 1. The van der Waals surface area contributed by atoms with Gasteiger partial charge in [0.15, 0.2) is 5.76 Å². The predicted molar refractivity (Wildman–Crippen MR) is 129 cm³/mol. The first-order valence-electron chi connectivity index (χ1n) is 10.8. The standard InChI is InChI=1S/C26H26ClN3O3/c1-17(2)23-9-7-18(3)11-25(23)32-16-22-8-10-24(33-22)26(31)29-21-6-4-5-19(12-21)14-30-15-20(27)13-28-30/h4-13,15,17H,14,16H2,1-3H3,(H,29,31). The van der Waals surface area contributed by atoms with Crippen LogP contribution in [0.3, 0.4) is 0 Å². The van der Waals surface area contributed by atoms with Gasteiger partial charge in [0.05, 0.1) is 17.8 Å². The minimum atomic E-state index is -0.320. The average Bonchev–Trinajstić information content (AvgIpc) is 3.41. The number of aryl methyl sites for hydroxylation is 1. The summed E-state index contributed by atoms with van der Waals surface area (Å²) in [5.41, 5.74) is 3.93. The average molecular weight is 464 g/mol. The topological polar surface area (TPSA) is 69.3 Å². The number of nitrogens with zero attached hydrogens (tertiary/aromatic N) is 2. The van der Waals surface area contributed by atoms with Crippen molar-refractivity contribution in [1.29, 1.82) is 0 Å². The van der Waals surface area contributed by atoms with Gasteiger partial charge in [0.2, 0.25) is 0 Å². The molecular formula is C26H26ClN3O3. The van der Waals surface area contributed by atoms with Gasteiger partial charge in [0.25, 0.3) is 5.91 Å². The van der Waals surface area contributed by atoms with Crippen LogP contribution in [-0.4, -0.2) is 15.7 Å². The van der Waals surface area contributed by atoms with Crippen LogP contribution in [0.4, 0.5) is 5.69 Å². The fraction of sp³-hybridized carbons (Fsp3) is 0.231. The SMILES string of the molecule is Cc1ccc(C(C)C)c(OCc2ccc(C(=O)Nc3cccc(Cn4cc(Cl)cn4)c3)o2)c1. The second-order valence-electron chi connectivity index (χ2n) is 8.26. The molecule has 6 nitrogen and oxygen atoms in total. The Balaban J connectivity index is 1.38. The lowest BCUT2D eigenvalue weighted by Crippen LogP contribution is -2.11. The molecule has 0 spiro atoms. The number of rotatable bonds is 8. The number of benzene rings is 2. The number of aromatic nitrogens is 2. The van der Waals surface area contributed by atoms with E-state index in [1.807, 2.05) is 37.3 Å². The van der Waals surface area contributed by atoms with Gasteiger partial charge in [0, 0.05) is 11.9 Å². The minimum absolute atomic E-state index is 0.228. The van der Waals surface area contributed by atoms with Gasteiger partial charge in [-0.25, -0.2) is 0 Å². The first kappa shape index (κ1) is 22.7. The van der Waals surface area contributed by atoms with E-state index in [1.54, 1.807) is 29.2 Å². The van der Waals surface area contributed by atoms with Crippen molar-refractivity contribution in [3.63, 3.8) is 0 Å². The molecule has 33 heavy (non-hydrogen) atoms. The van der Waals surface area contributed by atoms with E-state index in [0.29, 0.717) is 28.9 Å². The molecule has 0 saturated carbocycles. The van der Waals surface area contributed by atoms with Crippen molar-refractivity contribution >= 4 is 23.2 Å². The quantitative estimate of drug-likeness (QED) is 0.326. The number of nitrogens with one attached hydrogen (secondary N) is 1. The summed E-state index contributed by atoms with van der Waals surface area (Å²) in [5, 5.41) is 7.64. The molecule has 0 saturated heterocycles. The Kier molecular flexibility index (Phi) is 6.84. The maximum Gasteiger partial charge on any atom is 0.291 e. The van der Waals surface area contributed by atoms with Gasteiger partial charge < -0.3 is 14.5 Å². The number of carbonyl (C=O) groups excluding carboxylic acids is 1. The third kappa shape index (κ3) is 5.84. The molecule has 0 unspecified atom stereocenters. The van der Waals surface area contributed by atoms with Crippen LogP contribution < -0.4 is 10.1 Å². The third-order valence-electron chi connectivity index (χ3n) is 5.18. The normalized spacial score (nSPS) is 11.1. The van der Waals surface area contributed by atoms with Gasteiger partial charge in [-0.1, -0.05) is 49.7 Å². The van der Waals surface area contributed by atoms with Crippen molar-refractivity contribution in [1.82, 2.24) is 9.78 Å². The molecule has 0 aliphatic carbocycles. The molecule has 4 aromatic rings. The van der Waals surface area contributed by atoms with Gasteiger partial charge in [-0.3, -0.25) is 9.48 Å². The molecule has 2 aromatic heterocycles. The van der Waals surface area contributed by atoms with Crippen LogP contribution in [0.2, 0.25) is 5.02 Å². The highest BCUT2D eigenvalue weighted by Crippen LogP contribution is 2.28. The van der Waals surface area contributed by atoms with Crippen molar-refractivity contribution in [2.24, 2.45) is 0 Å². The molecule has 1 amide bonds. The summed E-state index contributed by atoms with van der Waals surface area (Å²) in [6.07, 6.45) is 3.34. The molecule has 0 bridgehead atoms. The van der Waals surface area contributed by atoms with Gasteiger partial charge in [0.1, 0.15) is 18.1 Å². The smallest absolute Gasteiger partial charge is 0.291 e. The predicted octanol–water partition coefficient (Wildman–Crippen LogP) is 6.44. The molecule has 2 heterocycles. The second kappa shape index (κ2) is 9.96. The lowest BCUT2D eigenvalue weighted by atomic mass is 10.0. The summed E-state index contributed by atoms with van der Waals surface area (Å²) in [6, 6.07) is 17.2. The van der Waals surface area contributed by atoms with E-state index in [-0.39, 0.29) is 18.3 Å². The molecule has 2 aromatic carbocycles. The zero-order chi connectivity index (χ0) is 23.4. The van der Waals surface area contributed by atoms with Crippen LogP contribution in [0.15, 0.2) is 71.4 Å². The Bertz CT molecular complexity index is 1260. The summed E-state index contributed by atoms with van der Waals surface area (Å²) in [6.45, 7) is 7.10. The molecular weight excluding hydrogens is 438 g/mol. The van der Waals surface area contributed by atoms with Crippen LogP contribution in [0.25, 0.3) is 0 Å². The highest BCUT2D eigenvalue weighted by atomic mass is 35.5. The summed E-state index contributed by atoms with van der Waals surface area (Å²) < 4.78 is 13.5. The van der Waals surface area contributed by atoms with Crippen molar-refractivity contribution in [2.75, 3.05) is 5.32 Å². The summed E-state index contributed by atoms with van der Waals surface area (Å²) in [4.78, 5) is 12.7. The number of furan rings is 1. The molecule has 170 valence electrons. The number of halogens is 1. The Morgan fingerprint density at radius 1 is 1.18 bits per heavy atom. The lowest BCUT2D eigenvalue weighted by Gasteiger charge is -2.14. The van der Waals surface area contributed by atoms with E-state index in [4.69, 9.17) is 20.8 Å². The van der Waals surface area contributed by atoms with E-state index in [1.165, 1.54) is 0 Å².